The molecule has 0 heterocycles. The number of aliphatic hydroxyl groups excluding tert-OH is 1. The zero-order chi connectivity index (χ0) is 12.6. The minimum Gasteiger partial charge on any atom is -0.396 e. The highest BCUT2D eigenvalue weighted by Crippen LogP contribution is 2.14. The summed E-state index contributed by atoms with van der Waals surface area (Å²) < 4.78 is 5.04. The van der Waals surface area contributed by atoms with Gasteiger partial charge in [0.15, 0.2) is 0 Å². The van der Waals surface area contributed by atoms with Gasteiger partial charge in [0.2, 0.25) is 5.91 Å². The van der Waals surface area contributed by atoms with Crippen molar-refractivity contribution in [3.05, 3.63) is 0 Å². The van der Waals surface area contributed by atoms with Crippen LogP contribution < -0.4 is 11.1 Å². The number of rotatable bonds is 8. The maximum absolute atomic E-state index is 11.7. The first-order valence-corrected chi connectivity index (χ1v) is 5.66. The van der Waals surface area contributed by atoms with E-state index < -0.39 is 0 Å². The van der Waals surface area contributed by atoms with Gasteiger partial charge in [-0.15, -0.1) is 0 Å². The molecule has 0 fully saturated rings. The van der Waals surface area contributed by atoms with Crippen LogP contribution in [-0.4, -0.2) is 42.9 Å². The molecule has 0 bridgehead atoms. The first-order chi connectivity index (χ1) is 7.51. The summed E-state index contributed by atoms with van der Waals surface area (Å²) in [7, 11) is 1.54. The van der Waals surface area contributed by atoms with Crippen molar-refractivity contribution in [1.82, 2.24) is 5.32 Å². The molecule has 0 aliphatic carbocycles. The van der Waals surface area contributed by atoms with Gasteiger partial charge in [0, 0.05) is 25.8 Å². The predicted molar refractivity (Wildman–Crippen MR) is 63.0 cm³/mol. The molecule has 0 aromatic carbocycles. The van der Waals surface area contributed by atoms with Gasteiger partial charge in [-0.05, 0) is 19.8 Å². The lowest BCUT2D eigenvalue weighted by Gasteiger charge is -2.29. The third kappa shape index (κ3) is 5.44. The van der Waals surface area contributed by atoms with Gasteiger partial charge in [-0.2, -0.15) is 0 Å². The number of methoxy groups -OCH3 is 1. The molecule has 0 aromatic heterocycles. The number of hydrogen-bond donors (Lipinski definition) is 3. The Morgan fingerprint density at radius 2 is 2.25 bits per heavy atom. The molecule has 0 spiro atoms. The average Bonchev–Trinajstić information content (AvgIpc) is 2.26. The summed E-state index contributed by atoms with van der Waals surface area (Å²) in [4.78, 5) is 11.7. The number of carbonyl (C=O) groups excluding carboxylic acids is 1. The number of nitrogens with two attached hydrogens (primary N) is 1. The maximum Gasteiger partial charge on any atom is 0.223 e. The van der Waals surface area contributed by atoms with E-state index in [1.807, 2.05) is 13.8 Å². The normalized spacial score (nSPS) is 16.6. The number of nitrogens with one attached hydrogen (secondary N) is 1. The molecule has 2 atom stereocenters. The molecule has 0 aromatic rings. The van der Waals surface area contributed by atoms with Gasteiger partial charge in [0.25, 0.3) is 0 Å². The number of hydrogen-bond acceptors (Lipinski definition) is 4. The Kier molecular flexibility index (Phi) is 7.29. The summed E-state index contributed by atoms with van der Waals surface area (Å²) in [5.41, 5.74) is 5.09. The lowest BCUT2D eigenvalue weighted by atomic mass is 9.94. The molecule has 0 aliphatic heterocycles. The van der Waals surface area contributed by atoms with Gasteiger partial charge >= 0.3 is 0 Å². The summed E-state index contributed by atoms with van der Waals surface area (Å²) in [6, 6.07) is 0. The maximum atomic E-state index is 11.7. The third-order valence-electron chi connectivity index (χ3n) is 2.89. The van der Waals surface area contributed by atoms with Gasteiger partial charge in [-0.1, -0.05) is 6.92 Å². The Morgan fingerprint density at radius 1 is 1.62 bits per heavy atom. The van der Waals surface area contributed by atoms with E-state index in [-0.39, 0.29) is 30.6 Å². The Balaban J connectivity index is 4.19. The fourth-order valence-electron chi connectivity index (χ4n) is 1.43. The molecule has 0 rings (SSSR count). The monoisotopic (exact) mass is 232 g/mol. The topological polar surface area (TPSA) is 84.6 Å². The molecule has 2 unspecified atom stereocenters. The lowest BCUT2D eigenvalue weighted by Crippen LogP contribution is -2.47. The van der Waals surface area contributed by atoms with Crippen molar-refractivity contribution in [3.8, 4) is 0 Å². The first-order valence-electron chi connectivity index (χ1n) is 5.66. The van der Waals surface area contributed by atoms with Crippen molar-refractivity contribution in [3.63, 3.8) is 0 Å². The molecule has 1 amide bonds. The molecular formula is C11H24N2O3. The van der Waals surface area contributed by atoms with Gasteiger partial charge in [-0.3, -0.25) is 4.79 Å². The van der Waals surface area contributed by atoms with Gasteiger partial charge in [-0.25, -0.2) is 0 Å². The summed E-state index contributed by atoms with van der Waals surface area (Å²) >= 11 is 0. The highest BCUT2D eigenvalue weighted by atomic mass is 16.5. The van der Waals surface area contributed by atoms with E-state index in [1.165, 1.54) is 7.11 Å². The Labute approximate surface area is 97.3 Å². The van der Waals surface area contributed by atoms with E-state index in [4.69, 9.17) is 15.6 Å². The van der Waals surface area contributed by atoms with Crippen LogP contribution in [0.25, 0.3) is 0 Å². The minimum absolute atomic E-state index is 0.0647. The average molecular weight is 232 g/mol. The van der Waals surface area contributed by atoms with Crippen molar-refractivity contribution in [2.24, 2.45) is 5.73 Å². The molecule has 16 heavy (non-hydrogen) atoms. The quantitative estimate of drug-likeness (QED) is 0.550. The number of ether oxygens (including phenoxy) is 1. The molecular weight excluding hydrogens is 208 g/mol. The van der Waals surface area contributed by atoms with Crippen LogP contribution in [-0.2, 0) is 9.53 Å². The van der Waals surface area contributed by atoms with Crippen LogP contribution in [0, 0.1) is 0 Å². The second-order valence-electron chi connectivity index (χ2n) is 4.23. The number of carbonyl (C=O) groups is 1. The molecule has 0 saturated carbocycles. The van der Waals surface area contributed by atoms with Gasteiger partial charge < -0.3 is 20.9 Å². The van der Waals surface area contributed by atoms with Crippen molar-refractivity contribution >= 4 is 5.91 Å². The standard InChI is InChI=1S/C11H24N2O3/c1-4-11(2,5-6-14)13-10(15)7-9(8-12)16-3/h9,14H,4-8,12H2,1-3H3,(H,13,15). The van der Waals surface area contributed by atoms with E-state index in [0.717, 1.165) is 6.42 Å². The Bertz CT molecular complexity index is 207. The molecule has 5 nitrogen and oxygen atoms in total. The van der Waals surface area contributed by atoms with Crippen LogP contribution in [0.15, 0.2) is 0 Å². The highest BCUT2D eigenvalue weighted by Gasteiger charge is 2.24. The fraction of sp³-hybridized carbons (Fsp3) is 0.909. The molecule has 4 N–H and O–H groups in total. The summed E-state index contributed by atoms with van der Waals surface area (Å²) in [5, 5.41) is 11.8. The Morgan fingerprint density at radius 3 is 2.62 bits per heavy atom. The first kappa shape index (κ1) is 15.3. The van der Waals surface area contributed by atoms with Crippen molar-refractivity contribution < 1.29 is 14.6 Å². The lowest BCUT2D eigenvalue weighted by molar-refractivity contribution is -0.125. The second-order valence-corrected chi connectivity index (χ2v) is 4.23. The molecule has 0 aliphatic rings. The van der Waals surface area contributed by atoms with E-state index >= 15 is 0 Å². The van der Waals surface area contributed by atoms with Crippen LogP contribution in [0.2, 0.25) is 0 Å². The van der Waals surface area contributed by atoms with Crippen LogP contribution in [0.5, 0.6) is 0 Å². The summed E-state index contributed by atoms with van der Waals surface area (Å²) in [6.45, 7) is 4.29. The molecule has 0 saturated heterocycles. The zero-order valence-electron chi connectivity index (χ0n) is 10.5. The van der Waals surface area contributed by atoms with Gasteiger partial charge in [0.1, 0.15) is 0 Å². The van der Waals surface area contributed by atoms with Crippen molar-refractivity contribution in [1.29, 1.82) is 0 Å². The van der Waals surface area contributed by atoms with Gasteiger partial charge in [0.05, 0.1) is 12.5 Å². The smallest absolute Gasteiger partial charge is 0.223 e. The Hall–Kier alpha value is -0.650. The van der Waals surface area contributed by atoms with Crippen LogP contribution >= 0.6 is 0 Å². The predicted octanol–water partition coefficient (Wildman–Crippen LogP) is 0.0175. The molecule has 96 valence electrons. The molecule has 0 radical (unpaired) electrons. The highest BCUT2D eigenvalue weighted by molar-refractivity contribution is 5.77. The largest absolute Gasteiger partial charge is 0.396 e. The summed E-state index contributed by atoms with van der Waals surface area (Å²) in [5.74, 6) is -0.0879. The third-order valence-corrected chi connectivity index (χ3v) is 2.89. The van der Waals surface area contributed by atoms with E-state index in [2.05, 4.69) is 5.32 Å². The van der Waals surface area contributed by atoms with E-state index in [0.29, 0.717) is 13.0 Å². The van der Waals surface area contributed by atoms with E-state index in [9.17, 15) is 4.79 Å². The van der Waals surface area contributed by atoms with Crippen molar-refractivity contribution in [2.45, 2.75) is 44.8 Å². The summed E-state index contributed by atoms with van der Waals surface area (Å²) in [6.07, 6.45) is 1.35. The van der Waals surface area contributed by atoms with Crippen molar-refractivity contribution in [2.75, 3.05) is 20.3 Å². The van der Waals surface area contributed by atoms with Crippen LogP contribution in [0.1, 0.15) is 33.1 Å². The minimum atomic E-state index is -0.348. The zero-order valence-corrected chi connectivity index (χ0v) is 10.5. The SMILES string of the molecule is CCC(C)(CCO)NC(=O)CC(CN)OC. The van der Waals surface area contributed by atoms with Crippen LogP contribution in [0.3, 0.4) is 0 Å². The molecule has 5 heteroatoms. The fourth-order valence-corrected chi connectivity index (χ4v) is 1.43. The number of amides is 1. The second kappa shape index (κ2) is 7.60. The van der Waals surface area contributed by atoms with E-state index in [1.54, 1.807) is 0 Å². The number of aliphatic hydroxyl groups is 1. The van der Waals surface area contributed by atoms with Crippen LogP contribution in [0.4, 0.5) is 0 Å².